The molecule has 0 aromatic heterocycles. The molecular weight excluding hydrogens is 332 g/mol. The molecule has 0 spiro atoms. The number of piperazine rings is 2. The Morgan fingerprint density at radius 2 is 1.44 bits per heavy atom. The molecule has 2 fully saturated rings. The highest BCUT2D eigenvalue weighted by atomic mass is 32.2. The lowest BCUT2D eigenvalue weighted by atomic mass is 9.95. The smallest absolute Gasteiger partial charge is 0.105 e. The second-order valence-corrected chi connectivity index (χ2v) is 9.51. The molecule has 0 aliphatic carbocycles. The summed E-state index contributed by atoms with van der Waals surface area (Å²) < 4.78 is 11.4. The first-order valence-electron chi connectivity index (χ1n) is 9.98. The summed E-state index contributed by atoms with van der Waals surface area (Å²) in [7, 11) is 4.43. The number of nitrogens with zero attached hydrogens (tertiary/aromatic N) is 4. The molecule has 0 bridgehead atoms. The molecule has 2 aliphatic rings. The predicted octanol–water partition coefficient (Wildman–Crippen LogP) is 0.850. The van der Waals surface area contributed by atoms with E-state index in [0.717, 1.165) is 18.7 Å². The second kappa shape index (κ2) is 11.8. The normalized spacial score (nSPS) is 23.4. The van der Waals surface area contributed by atoms with Gasteiger partial charge in [-0.3, -0.25) is 0 Å². The number of likely N-dealkylation sites (N-methyl/N-ethyl adjacent to an activating group) is 2. The monoisotopic (exact) mass is 371 g/mol. The zero-order valence-corrected chi connectivity index (χ0v) is 17.5. The molecule has 25 heavy (non-hydrogen) atoms. The van der Waals surface area contributed by atoms with E-state index < -0.39 is 11.2 Å². The van der Waals surface area contributed by atoms with Gasteiger partial charge in [-0.1, -0.05) is 11.2 Å². The van der Waals surface area contributed by atoms with Crippen LogP contribution in [0.3, 0.4) is 0 Å². The van der Waals surface area contributed by atoms with Crippen LogP contribution in [0, 0.1) is 12.3 Å². The fourth-order valence-corrected chi connectivity index (χ4v) is 4.25. The minimum Gasteiger partial charge on any atom is -0.617 e. The highest BCUT2D eigenvalue weighted by Crippen LogP contribution is 2.18. The van der Waals surface area contributed by atoms with Gasteiger partial charge in [0.05, 0.1) is 6.26 Å². The van der Waals surface area contributed by atoms with Gasteiger partial charge in [-0.15, -0.1) is 0 Å². The van der Waals surface area contributed by atoms with Crippen molar-refractivity contribution in [3.8, 4) is 0 Å². The summed E-state index contributed by atoms with van der Waals surface area (Å²) in [5.74, 6) is 1.52. The van der Waals surface area contributed by atoms with Crippen LogP contribution in [-0.2, 0) is 11.2 Å². The van der Waals surface area contributed by atoms with Crippen LogP contribution in [0.1, 0.15) is 19.3 Å². The van der Waals surface area contributed by atoms with Gasteiger partial charge in [0.2, 0.25) is 0 Å². The van der Waals surface area contributed by atoms with Crippen LogP contribution in [-0.4, -0.2) is 116 Å². The van der Waals surface area contributed by atoms with Crippen molar-refractivity contribution in [2.45, 2.75) is 19.3 Å². The van der Waals surface area contributed by atoms with Gasteiger partial charge in [0.15, 0.2) is 0 Å². The predicted molar refractivity (Wildman–Crippen MR) is 108 cm³/mol. The summed E-state index contributed by atoms with van der Waals surface area (Å²) in [4.78, 5) is 10.0. The van der Waals surface area contributed by atoms with Gasteiger partial charge in [-0.25, -0.2) is 0 Å². The summed E-state index contributed by atoms with van der Waals surface area (Å²) in [6.45, 7) is 11.9. The van der Waals surface area contributed by atoms with Crippen LogP contribution in [0.4, 0.5) is 0 Å². The lowest BCUT2D eigenvalue weighted by Gasteiger charge is -2.34. The molecule has 147 valence electrons. The topological polar surface area (TPSA) is 36.0 Å². The first-order chi connectivity index (χ1) is 12.0. The Bertz CT molecular complexity index is 316. The van der Waals surface area contributed by atoms with Crippen molar-refractivity contribution in [1.29, 1.82) is 0 Å². The summed E-state index contributed by atoms with van der Waals surface area (Å²) in [5.41, 5.74) is 0. The standard InChI is InChI=1S/C19H39N4OS/c1-20-10-14-22(15-11-20)8-6-19(5-4-18-25(3)24)7-9-23-16-12-21(2)13-17-23/h6,19H,4-5,7-18H2,1-3H3. The van der Waals surface area contributed by atoms with E-state index in [2.05, 4.69) is 40.1 Å². The van der Waals surface area contributed by atoms with Crippen LogP contribution in [0.2, 0.25) is 0 Å². The van der Waals surface area contributed by atoms with Crippen molar-refractivity contribution < 1.29 is 4.55 Å². The zero-order valence-electron chi connectivity index (χ0n) is 16.7. The van der Waals surface area contributed by atoms with Gasteiger partial charge in [-0.2, -0.15) is 0 Å². The minimum atomic E-state index is -0.652. The molecule has 2 heterocycles. The Morgan fingerprint density at radius 3 is 2.00 bits per heavy atom. The second-order valence-electron chi connectivity index (χ2n) is 7.95. The molecule has 6 heteroatoms. The van der Waals surface area contributed by atoms with Gasteiger partial charge in [0.25, 0.3) is 0 Å². The van der Waals surface area contributed by atoms with Gasteiger partial charge in [-0.05, 0) is 52.2 Å². The van der Waals surface area contributed by atoms with Crippen molar-refractivity contribution in [3.05, 3.63) is 6.42 Å². The molecule has 0 amide bonds. The molecule has 0 aromatic carbocycles. The molecule has 5 nitrogen and oxygen atoms in total. The fraction of sp³-hybridized carbons (Fsp3) is 0.947. The van der Waals surface area contributed by atoms with Crippen molar-refractivity contribution in [2.24, 2.45) is 5.92 Å². The summed E-state index contributed by atoms with van der Waals surface area (Å²) >= 11 is -0.652. The SMILES string of the molecule is CN1CCN(C[CH]C(CCC[S+](C)[O-])CCN2CCN(C)CC2)CC1. The first kappa shape index (κ1) is 21.5. The number of hydrogen-bond donors (Lipinski definition) is 0. The molecule has 0 N–H and O–H groups in total. The average molecular weight is 372 g/mol. The lowest BCUT2D eigenvalue weighted by Crippen LogP contribution is -2.45. The molecule has 2 rings (SSSR count). The number of hydrogen-bond acceptors (Lipinski definition) is 5. The zero-order chi connectivity index (χ0) is 18.1. The van der Waals surface area contributed by atoms with Crippen molar-refractivity contribution >= 4 is 11.2 Å². The van der Waals surface area contributed by atoms with Crippen molar-refractivity contribution in [1.82, 2.24) is 19.6 Å². The maximum atomic E-state index is 11.4. The summed E-state index contributed by atoms with van der Waals surface area (Å²) in [6, 6.07) is 0. The highest BCUT2D eigenvalue weighted by molar-refractivity contribution is 7.90. The van der Waals surface area contributed by atoms with E-state index in [1.807, 2.05) is 6.26 Å². The van der Waals surface area contributed by atoms with Crippen LogP contribution in [0.5, 0.6) is 0 Å². The molecule has 0 saturated carbocycles. The summed E-state index contributed by atoms with van der Waals surface area (Å²) in [5, 5.41) is 0. The van der Waals surface area contributed by atoms with E-state index in [0.29, 0.717) is 5.92 Å². The van der Waals surface area contributed by atoms with E-state index in [1.54, 1.807) is 0 Å². The van der Waals surface area contributed by atoms with Crippen LogP contribution in [0.25, 0.3) is 0 Å². The van der Waals surface area contributed by atoms with E-state index in [9.17, 15) is 4.55 Å². The molecule has 2 saturated heterocycles. The van der Waals surface area contributed by atoms with Crippen LogP contribution in [0.15, 0.2) is 0 Å². The third kappa shape index (κ3) is 9.07. The van der Waals surface area contributed by atoms with E-state index >= 15 is 0 Å². The van der Waals surface area contributed by atoms with Gasteiger partial charge >= 0.3 is 0 Å². The minimum absolute atomic E-state index is 0.652. The van der Waals surface area contributed by atoms with Crippen molar-refractivity contribution in [3.63, 3.8) is 0 Å². The summed E-state index contributed by atoms with van der Waals surface area (Å²) in [6.07, 6.45) is 7.93. The Kier molecular flexibility index (Phi) is 10.1. The van der Waals surface area contributed by atoms with E-state index in [-0.39, 0.29) is 0 Å². The molecule has 2 unspecified atom stereocenters. The van der Waals surface area contributed by atoms with E-state index in [4.69, 9.17) is 0 Å². The molecule has 0 aromatic rings. The number of rotatable bonds is 10. The Morgan fingerprint density at radius 1 is 0.880 bits per heavy atom. The fourth-order valence-electron chi connectivity index (χ4n) is 3.68. The van der Waals surface area contributed by atoms with Crippen LogP contribution < -0.4 is 0 Å². The Balaban J connectivity index is 1.69. The Hall–Kier alpha value is 0.150. The van der Waals surface area contributed by atoms with Crippen LogP contribution >= 0.6 is 0 Å². The largest absolute Gasteiger partial charge is 0.617 e. The maximum absolute atomic E-state index is 11.4. The molecular formula is C19H39N4OS. The Labute approximate surface area is 158 Å². The third-order valence-corrected chi connectivity index (χ3v) is 6.58. The first-order valence-corrected chi connectivity index (χ1v) is 11.7. The maximum Gasteiger partial charge on any atom is 0.105 e. The third-order valence-electron chi connectivity index (χ3n) is 5.71. The van der Waals surface area contributed by atoms with Gasteiger partial charge in [0.1, 0.15) is 5.75 Å². The molecule has 2 atom stereocenters. The van der Waals surface area contributed by atoms with E-state index in [1.165, 1.54) is 71.7 Å². The average Bonchev–Trinajstić information content (AvgIpc) is 2.59. The van der Waals surface area contributed by atoms with Gasteiger partial charge < -0.3 is 24.2 Å². The van der Waals surface area contributed by atoms with Crippen molar-refractivity contribution in [2.75, 3.05) is 91.6 Å². The lowest BCUT2D eigenvalue weighted by molar-refractivity contribution is 0.143. The highest BCUT2D eigenvalue weighted by Gasteiger charge is 2.19. The quantitative estimate of drug-likeness (QED) is 0.532. The molecule has 1 radical (unpaired) electrons. The van der Waals surface area contributed by atoms with Gasteiger partial charge in [0, 0.05) is 58.9 Å². The molecule has 2 aliphatic heterocycles.